The van der Waals surface area contributed by atoms with E-state index in [1.54, 1.807) is 0 Å². The van der Waals surface area contributed by atoms with E-state index in [2.05, 4.69) is 47.1 Å². The normalized spacial score (nSPS) is 10.2. The maximum atomic E-state index is 5.76. The van der Waals surface area contributed by atoms with Crippen molar-refractivity contribution in [2.75, 3.05) is 0 Å². The van der Waals surface area contributed by atoms with Crippen LogP contribution in [0.25, 0.3) is 0 Å². The molecule has 0 heterocycles. The van der Waals surface area contributed by atoms with E-state index in [9.17, 15) is 0 Å². The molecule has 0 unspecified atom stereocenters. The van der Waals surface area contributed by atoms with E-state index in [0.29, 0.717) is 0 Å². The molecule has 0 saturated carbocycles. The number of ether oxygens (including phenoxy) is 1. The SMILES string of the molecule is CCc1ccc(Oc2ccc(CBr)cc2)cc1. The van der Waals surface area contributed by atoms with Crippen LogP contribution in [0.15, 0.2) is 48.5 Å². The molecule has 0 fully saturated rings. The largest absolute Gasteiger partial charge is 0.457 e. The van der Waals surface area contributed by atoms with Gasteiger partial charge in [0.1, 0.15) is 11.5 Å². The Balaban J connectivity index is 2.08. The van der Waals surface area contributed by atoms with Gasteiger partial charge >= 0.3 is 0 Å². The fraction of sp³-hybridized carbons (Fsp3) is 0.200. The molecule has 0 saturated heterocycles. The van der Waals surface area contributed by atoms with Crippen molar-refractivity contribution >= 4 is 15.9 Å². The molecule has 2 rings (SSSR count). The fourth-order valence-corrected chi connectivity index (χ4v) is 1.95. The number of aryl methyl sites for hydroxylation is 1. The third-order valence-electron chi connectivity index (χ3n) is 2.64. The Kier molecular flexibility index (Phi) is 4.21. The Bertz CT molecular complexity index is 414. The summed E-state index contributed by atoms with van der Waals surface area (Å²) in [6.07, 6.45) is 1.06. The Morgan fingerprint density at radius 3 is 1.71 bits per heavy atom. The summed E-state index contributed by atoms with van der Waals surface area (Å²) in [4.78, 5) is 0. The number of halogens is 1. The Hall–Kier alpha value is -1.28. The second-order valence-corrected chi connectivity index (χ2v) is 4.44. The van der Waals surface area contributed by atoms with E-state index >= 15 is 0 Å². The molecule has 17 heavy (non-hydrogen) atoms. The number of hydrogen-bond donors (Lipinski definition) is 0. The Morgan fingerprint density at radius 1 is 0.824 bits per heavy atom. The van der Waals surface area contributed by atoms with Gasteiger partial charge in [-0.05, 0) is 41.8 Å². The van der Waals surface area contributed by atoms with Gasteiger partial charge in [-0.25, -0.2) is 0 Å². The van der Waals surface area contributed by atoms with E-state index in [0.717, 1.165) is 23.2 Å². The molecule has 0 aromatic heterocycles. The van der Waals surface area contributed by atoms with Crippen LogP contribution in [0.4, 0.5) is 0 Å². The number of benzene rings is 2. The van der Waals surface area contributed by atoms with Crippen molar-refractivity contribution in [1.29, 1.82) is 0 Å². The second kappa shape index (κ2) is 5.87. The minimum atomic E-state index is 0.873. The summed E-state index contributed by atoms with van der Waals surface area (Å²) < 4.78 is 5.76. The molecule has 0 aliphatic rings. The van der Waals surface area contributed by atoms with Gasteiger partial charge in [-0.3, -0.25) is 0 Å². The van der Waals surface area contributed by atoms with E-state index < -0.39 is 0 Å². The van der Waals surface area contributed by atoms with E-state index in [-0.39, 0.29) is 0 Å². The van der Waals surface area contributed by atoms with Crippen LogP contribution >= 0.6 is 15.9 Å². The molecule has 0 aliphatic heterocycles. The summed E-state index contributed by atoms with van der Waals surface area (Å²) >= 11 is 3.42. The monoisotopic (exact) mass is 290 g/mol. The maximum Gasteiger partial charge on any atom is 0.127 e. The lowest BCUT2D eigenvalue weighted by Crippen LogP contribution is -1.86. The summed E-state index contributed by atoms with van der Waals surface area (Å²) in [7, 11) is 0. The Labute approximate surface area is 111 Å². The van der Waals surface area contributed by atoms with Crippen molar-refractivity contribution in [2.24, 2.45) is 0 Å². The second-order valence-electron chi connectivity index (χ2n) is 3.88. The van der Waals surface area contributed by atoms with Crippen molar-refractivity contribution in [3.63, 3.8) is 0 Å². The molecule has 0 bridgehead atoms. The summed E-state index contributed by atoms with van der Waals surface area (Å²) in [5.74, 6) is 1.76. The van der Waals surface area contributed by atoms with Crippen molar-refractivity contribution in [3.05, 3.63) is 59.7 Å². The minimum absolute atomic E-state index is 0.873. The summed E-state index contributed by atoms with van der Waals surface area (Å²) in [5.41, 5.74) is 2.57. The molecule has 2 aromatic carbocycles. The molecule has 88 valence electrons. The molecule has 1 nitrogen and oxygen atoms in total. The lowest BCUT2D eigenvalue weighted by Gasteiger charge is -2.06. The van der Waals surface area contributed by atoms with E-state index in [4.69, 9.17) is 4.74 Å². The summed E-state index contributed by atoms with van der Waals surface area (Å²) in [5, 5.41) is 0.873. The first kappa shape index (κ1) is 12.2. The van der Waals surface area contributed by atoms with Crippen molar-refractivity contribution in [3.8, 4) is 11.5 Å². The quantitative estimate of drug-likeness (QED) is 0.725. The first-order valence-corrected chi connectivity index (χ1v) is 6.85. The fourth-order valence-electron chi connectivity index (χ4n) is 1.58. The zero-order chi connectivity index (χ0) is 12.1. The predicted octanol–water partition coefficient (Wildman–Crippen LogP) is 4.94. The third-order valence-corrected chi connectivity index (χ3v) is 3.29. The highest BCUT2D eigenvalue weighted by Gasteiger charge is 1.97. The van der Waals surface area contributed by atoms with Gasteiger partial charge in [-0.1, -0.05) is 47.1 Å². The van der Waals surface area contributed by atoms with E-state index in [1.165, 1.54) is 11.1 Å². The van der Waals surface area contributed by atoms with Gasteiger partial charge in [-0.15, -0.1) is 0 Å². The van der Waals surface area contributed by atoms with Gasteiger partial charge in [-0.2, -0.15) is 0 Å². The van der Waals surface area contributed by atoms with Gasteiger partial charge in [0.2, 0.25) is 0 Å². The molecule has 0 amide bonds. The molecule has 2 aromatic rings. The number of alkyl halides is 1. The average molecular weight is 291 g/mol. The van der Waals surface area contributed by atoms with Crippen LogP contribution in [-0.4, -0.2) is 0 Å². The molecule has 0 spiro atoms. The lowest BCUT2D eigenvalue weighted by molar-refractivity contribution is 0.482. The standard InChI is InChI=1S/C15H15BrO/c1-2-12-3-7-14(8-4-12)17-15-9-5-13(11-16)6-10-15/h3-10H,2,11H2,1H3. The summed E-state index contributed by atoms with van der Waals surface area (Å²) in [6, 6.07) is 16.3. The lowest BCUT2D eigenvalue weighted by atomic mass is 10.2. The topological polar surface area (TPSA) is 9.23 Å². The van der Waals surface area contributed by atoms with Crippen molar-refractivity contribution < 1.29 is 4.74 Å². The first-order valence-electron chi connectivity index (χ1n) is 5.73. The van der Waals surface area contributed by atoms with Crippen LogP contribution in [0, 0.1) is 0 Å². The molecule has 0 atom stereocenters. The van der Waals surface area contributed by atoms with Gasteiger partial charge in [0.05, 0.1) is 0 Å². The average Bonchev–Trinajstić information content (AvgIpc) is 2.40. The number of rotatable bonds is 4. The zero-order valence-electron chi connectivity index (χ0n) is 9.82. The molecule has 0 N–H and O–H groups in total. The molecule has 0 radical (unpaired) electrons. The number of hydrogen-bond acceptors (Lipinski definition) is 1. The molecular formula is C15H15BrO. The first-order chi connectivity index (χ1) is 8.31. The summed E-state index contributed by atoms with van der Waals surface area (Å²) in [6.45, 7) is 2.15. The van der Waals surface area contributed by atoms with Crippen molar-refractivity contribution in [1.82, 2.24) is 0 Å². The predicted molar refractivity (Wildman–Crippen MR) is 75.0 cm³/mol. The van der Waals surface area contributed by atoms with Gasteiger partial charge in [0.15, 0.2) is 0 Å². The van der Waals surface area contributed by atoms with Gasteiger partial charge < -0.3 is 4.74 Å². The highest BCUT2D eigenvalue weighted by molar-refractivity contribution is 9.08. The van der Waals surface area contributed by atoms with Crippen LogP contribution in [0.3, 0.4) is 0 Å². The van der Waals surface area contributed by atoms with Crippen LogP contribution < -0.4 is 4.74 Å². The van der Waals surface area contributed by atoms with Gasteiger partial charge in [0, 0.05) is 5.33 Å². The Morgan fingerprint density at radius 2 is 1.29 bits per heavy atom. The maximum absolute atomic E-state index is 5.76. The smallest absolute Gasteiger partial charge is 0.127 e. The van der Waals surface area contributed by atoms with Crippen LogP contribution in [0.1, 0.15) is 18.1 Å². The molecule has 2 heteroatoms. The van der Waals surface area contributed by atoms with Crippen molar-refractivity contribution in [2.45, 2.75) is 18.7 Å². The van der Waals surface area contributed by atoms with E-state index in [1.807, 2.05) is 24.3 Å². The zero-order valence-corrected chi connectivity index (χ0v) is 11.4. The van der Waals surface area contributed by atoms with Crippen LogP contribution in [-0.2, 0) is 11.8 Å². The van der Waals surface area contributed by atoms with Crippen LogP contribution in [0.2, 0.25) is 0 Å². The molecular weight excluding hydrogens is 276 g/mol. The van der Waals surface area contributed by atoms with Crippen LogP contribution in [0.5, 0.6) is 11.5 Å². The highest BCUT2D eigenvalue weighted by Crippen LogP contribution is 2.22. The molecule has 0 aliphatic carbocycles. The third kappa shape index (κ3) is 3.34. The van der Waals surface area contributed by atoms with Gasteiger partial charge in [0.25, 0.3) is 0 Å². The minimum Gasteiger partial charge on any atom is -0.457 e. The highest BCUT2D eigenvalue weighted by atomic mass is 79.9.